The minimum Gasteiger partial charge on any atom is -0.496 e. The number of hydrogen-bond donors (Lipinski definition) is 0. The molecule has 1 aliphatic rings. The molecule has 0 N–H and O–H groups in total. The molecule has 3 aromatic rings. The van der Waals surface area contributed by atoms with Crippen molar-refractivity contribution in [2.45, 2.75) is 38.9 Å². The van der Waals surface area contributed by atoms with E-state index in [1.54, 1.807) is 25.3 Å². The van der Waals surface area contributed by atoms with E-state index in [0.717, 1.165) is 5.46 Å². The largest absolute Gasteiger partial charge is 0.496 e. The van der Waals surface area contributed by atoms with E-state index in [2.05, 4.69) is 11.1 Å². The van der Waals surface area contributed by atoms with Crippen LogP contribution in [0.2, 0.25) is 0 Å². The first-order valence-electron chi connectivity index (χ1n) is 9.09. The highest BCUT2D eigenvalue weighted by atomic mass is 16.7. The number of benzene rings is 2. The Kier molecular flexibility index (Phi) is 4.22. The Balaban J connectivity index is 1.80. The fourth-order valence-electron chi connectivity index (χ4n) is 3.17. The molecule has 0 unspecified atom stereocenters. The van der Waals surface area contributed by atoms with E-state index in [4.69, 9.17) is 18.5 Å². The molecule has 0 saturated carbocycles. The topological polar surface area (TPSA) is 77.5 Å². The molecule has 0 aliphatic carbocycles. The van der Waals surface area contributed by atoms with Gasteiger partial charge in [-0.25, -0.2) is 4.98 Å². The molecule has 0 atom stereocenters. The summed E-state index contributed by atoms with van der Waals surface area (Å²) in [7, 11) is 1.09. The Hall–Kier alpha value is -2.82. The van der Waals surface area contributed by atoms with Crippen LogP contribution in [0.15, 0.2) is 40.8 Å². The van der Waals surface area contributed by atoms with Crippen molar-refractivity contribution in [1.29, 1.82) is 5.26 Å². The number of oxazole rings is 1. The van der Waals surface area contributed by atoms with Gasteiger partial charge < -0.3 is 18.5 Å². The van der Waals surface area contributed by atoms with E-state index in [0.29, 0.717) is 33.9 Å². The SMILES string of the molecule is COc1ccc(B2OC(C)(C)C(C)(C)O2)cc1-c1nc2c(C#N)cccc2o1. The maximum absolute atomic E-state index is 9.31. The van der Waals surface area contributed by atoms with Crippen LogP contribution in [0.25, 0.3) is 22.6 Å². The minimum atomic E-state index is -0.506. The van der Waals surface area contributed by atoms with Gasteiger partial charge in [-0.1, -0.05) is 12.1 Å². The Morgan fingerprint density at radius 2 is 1.79 bits per heavy atom. The first-order valence-corrected chi connectivity index (χ1v) is 9.09. The molecule has 28 heavy (non-hydrogen) atoms. The lowest BCUT2D eigenvalue weighted by atomic mass is 9.78. The number of para-hydroxylation sites is 1. The summed E-state index contributed by atoms with van der Waals surface area (Å²) in [5.41, 5.74) is 2.20. The number of rotatable bonds is 3. The highest BCUT2D eigenvalue weighted by Gasteiger charge is 2.51. The van der Waals surface area contributed by atoms with Crippen molar-refractivity contribution < 1.29 is 18.5 Å². The van der Waals surface area contributed by atoms with Gasteiger partial charge in [0.05, 0.1) is 29.4 Å². The van der Waals surface area contributed by atoms with Crippen molar-refractivity contribution in [2.24, 2.45) is 0 Å². The summed E-state index contributed by atoms with van der Waals surface area (Å²) >= 11 is 0. The summed E-state index contributed by atoms with van der Waals surface area (Å²) < 4.78 is 23.7. The molecule has 0 spiro atoms. The fraction of sp³-hybridized carbons (Fsp3) is 0.333. The Morgan fingerprint density at radius 1 is 1.07 bits per heavy atom. The van der Waals surface area contributed by atoms with Crippen molar-refractivity contribution in [3.8, 4) is 23.3 Å². The average molecular weight is 376 g/mol. The normalized spacial score (nSPS) is 17.6. The van der Waals surface area contributed by atoms with Gasteiger partial charge in [0.25, 0.3) is 0 Å². The lowest BCUT2D eigenvalue weighted by molar-refractivity contribution is 0.00578. The number of hydrogen-bond acceptors (Lipinski definition) is 6. The highest BCUT2D eigenvalue weighted by Crippen LogP contribution is 2.37. The standard InChI is InChI=1S/C21H21BN2O4/c1-20(2)21(3,4)28-22(27-20)14-9-10-16(25-5)15(11-14)19-24-18-13(12-23)7-6-8-17(18)26-19/h6-11H,1-5H3. The van der Waals surface area contributed by atoms with Crippen LogP contribution in [0.4, 0.5) is 0 Å². The monoisotopic (exact) mass is 376 g/mol. The van der Waals surface area contributed by atoms with Crippen LogP contribution < -0.4 is 10.2 Å². The lowest BCUT2D eigenvalue weighted by Crippen LogP contribution is -2.41. The summed E-state index contributed by atoms with van der Waals surface area (Å²) in [5, 5.41) is 9.31. The summed E-state index contributed by atoms with van der Waals surface area (Å²) in [5.74, 6) is 0.998. The summed E-state index contributed by atoms with van der Waals surface area (Å²) in [6.45, 7) is 8.06. The molecule has 4 rings (SSSR count). The molecule has 142 valence electrons. The van der Waals surface area contributed by atoms with Crippen LogP contribution in [-0.4, -0.2) is 30.4 Å². The molecule has 1 aromatic heterocycles. The molecule has 1 fully saturated rings. The van der Waals surface area contributed by atoms with Crippen LogP contribution in [-0.2, 0) is 9.31 Å². The molecule has 6 nitrogen and oxygen atoms in total. The smallest absolute Gasteiger partial charge is 0.494 e. The van der Waals surface area contributed by atoms with E-state index in [-0.39, 0.29) is 0 Å². The quantitative estimate of drug-likeness (QED) is 0.649. The van der Waals surface area contributed by atoms with Crippen LogP contribution in [0.1, 0.15) is 33.3 Å². The van der Waals surface area contributed by atoms with Gasteiger partial charge in [-0.05, 0) is 57.4 Å². The molecule has 0 amide bonds. The van der Waals surface area contributed by atoms with Crippen LogP contribution in [0, 0.1) is 11.3 Å². The van der Waals surface area contributed by atoms with Crippen LogP contribution >= 0.6 is 0 Å². The number of fused-ring (bicyclic) bond motifs is 1. The number of nitrogens with zero attached hydrogens (tertiary/aromatic N) is 2. The van der Waals surface area contributed by atoms with Crippen molar-refractivity contribution in [1.82, 2.24) is 4.98 Å². The summed E-state index contributed by atoms with van der Waals surface area (Å²) in [6, 6.07) is 13.1. The second kappa shape index (κ2) is 6.37. The predicted molar refractivity (Wildman–Crippen MR) is 106 cm³/mol. The second-order valence-electron chi connectivity index (χ2n) is 7.83. The van der Waals surface area contributed by atoms with Gasteiger partial charge in [0.15, 0.2) is 5.58 Å². The third-order valence-electron chi connectivity index (χ3n) is 5.52. The fourth-order valence-corrected chi connectivity index (χ4v) is 3.17. The van der Waals surface area contributed by atoms with Gasteiger partial charge in [0.2, 0.25) is 5.89 Å². The number of methoxy groups -OCH3 is 1. The predicted octanol–water partition coefficient (Wildman–Crippen LogP) is 3.67. The van der Waals surface area contributed by atoms with E-state index >= 15 is 0 Å². The Bertz CT molecular complexity index is 1080. The van der Waals surface area contributed by atoms with Gasteiger partial charge in [-0.15, -0.1) is 0 Å². The maximum atomic E-state index is 9.31. The first kappa shape index (κ1) is 18.5. The van der Waals surface area contributed by atoms with Crippen molar-refractivity contribution >= 4 is 23.7 Å². The highest BCUT2D eigenvalue weighted by molar-refractivity contribution is 6.62. The minimum absolute atomic E-state index is 0.382. The van der Waals surface area contributed by atoms with Crippen molar-refractivity contribution in [2.75, 3.05) is 7.11 Å². The Morgan fingerprint density at radius 3 is 2.43 bits per heavy atom. The molecule has 0 bridgehead atoms. The van der Waals surface area contributed by atoms with Crippen molar-refractivity contribution in [3.63, 3.8) is 0 Å². The van der Waals surface area contributed by atoms with Crippen molar-refractivity contribution in [3.05, 3.63) is 42.0 Å². The first-order chi connectivity index (χ1) is 13.3. The molecule has 0 radical (unpaired) electrons. The van der Waals surface area contributed by atoms with E-state index in [9.17, 15) is 5.26 Å². The zero-order valence-corrected chi connectivity index (χ0v) is 16.6. The average Bonchev–Trinajstić information content (AvgIpc) is 3.19. The summed E-state index contributed by atoms with van der Waals surface area (Å²) in [4.78, 5) is 4.54. The van der Waals surface area contributed by atoms with E-state index in [1.165, 1.54) is 0 Å². The number of aromatic nitrogens is 1. The van der Waals surface area contributed by atoms with Gasteiger partial charge in [0, 0.05) is 0 Å². The summed E-state index contributed by atoms with van der Waals surface area (Å²) in [6.07, 6.45) is 0. The third kappa shape index (κ3) is 2.86. The molecule has 2 aromatic carbocycles. The van der Waals surface area contributed by atoms with E-state index in [1.807, 2.05) is 45.9 Å². The van der Waals surface area contributed by atoms with Crippen LogP contribution in [0.5, 0.6) is 5.75 Å². The zero-order valence-electron chi connectivity index (χ0n) is 16.6. The van der Waals surface area contributed by atoms with Crippen LogP contribution in [0.3, 0.4) is 0 Å². The number of ether oxygens (including phenoxy) is 1. The van der Waals surface area contributed by atoms with E-state index < -0.39 is 18.3 Å². The molecule has 1 saturated heterocycles. The lowest BCUT2D eigenvalue weighted by Gasteiger charge is -2.32. The van der Waals surface area contributed by atoms with Gasteiger partial charge in [0.1, 0.15) is 17.3 Å². The molecule has 7 heteroatoms. The van der Waals surface area contributed by atoms with Gasteiger partial charge >= 0.3 is 7.12 Å². The molecular weight excluding hydrogens is 355 g/mol. The molecular formula is C21H21BN2O4. The zero-order chi connectivity index (χ0) is 20.1. The molecule has 1 aliphatic heterocycles. The second-order valence-corrected chi connectivity index (χ2v) is 7.83. The van der Waals surface area contributed by atoms with Gasteiger partial charge in [-0.2, -0.15) is 5.26 Å². The number of nitriles is 1. The van der Waals surface area contributed by atoms with Gasteiger partial charge in [-0.3, -0.25) is 0 Å². The Labute approximate surface area is 164 Å². The molecule has 2 heterocycles. The third-order valence-corrected chi connectivity index (χ3v) is 5.52. The maximum Gasteiger partial charge on any atom is 0.494 e.